The third-order valence-electron chi connectivity index (χ3n) is 1.66. The van der Waals surface area contributed by atoms with E-state index < -0.39 is 0 Å². The predicted octanol–water partition coefficient (Wildman–Crippen LogP) is 1.31. The number of anilines is 1. The number of nitrogens with one attached hydrogen (secondary N) is 1. The number of carbonyl (C=O) groups is 1. The van der Waals surface area contributed by atoms with Crippen LogP contribution in [0.1, 0.15) is 25.2 Å². The Bertz CT molecular complexity index is 323. The monoisotopic (exact) mass is 179 g/mol. The largest absolute Gasteiger partial charge is 0.311 e. The van der Waals surface area contributed by atoms with Crippen LogP contribution in [0, 0.1) is 6.92 Å². The second kappa shape index (κ2) is 3.98. The maximum atomic E-state index is 10.8. The first-order valence-electron chi connectivity index (χ1n) is 4.23. The SMILES string of the molecule is CCc1cnc(C)nc1NC(C)=O. The van der Waals surface area contributed by atoms with Crippen LogP contribution in [0.5, 0.6) is 0 Å². The summed E-state index contributed by atoms with van der Waals surface area (Å²) < 4.78 is 0. The lowest BCUT2D eigenvalue weighted by Crippen LogP contribution is -2.11. The summed E-state index contributed by atoms with van der Waals surface area (Å²) in [6.45, 7) is 5.26. The molecule has 0 bridgehead atoms. The van der Waals surface area contributed by atoms with Gasteiger partial charge in [-0.1, -0.05) is 6.92 Å². The lowest BCUT2D eigenvalue weighted by atomic mass is 10.2. The average Bonchev–Trinajstić information content (AvgIpc) is 2.03. The first-order chi connectivity index (χ1) is 6.13. The Morgan fingerprint density at radius 1 is 1.62 bits per heavy atom. The highest BCUT2D eigenvalue weighted by Gasteiger charge is 2.04. The van der Waals surface area contributed by atoms with Gasteiger partial charge in [0.1, 0.15) is 11.6 Å². The van der Waals surface area contributed by atoms with E-state index >= 15 is 0 Å². The standard InChI is InChI=1S/C9H13N3O/c1-4-8-5-10-6(2)11-9(8)12-7(3)13/h5H,4H2,1-3H3,(H,10,11,12,13). The van der Waals surface area contributed by atoms with Crippen LogP contribution in [0.3, 0.4) is 0 Å². The Balaban J connectivity index is 3.01. The van der Waals surface area contributed by atoms with Gasteiger partial charge in [-0.05, 0) is 13.3 Å². The minimum Gasteiger partial charge on any atom is -0.311 e. The van der Waals surface area contributed by atoms with Crippen molar-refractivity contribution in [2.45, 2.75) is 27.2 Å². The molecular weight excluding hydrogens is 166 g/mol. The zero-order valence-electron chi connectivity index (χ0n) is 8.09. The molecule has 0 saturated heterocycles. The Labute approximate surface area is 77.4 Å². The normalized spacial score (nSPS) is 9.77. The summed E-state index contributed by atoms with van der Waals surface area (Å²) >= 11 is 0. The minimum atomic E-state index is -0.104. The summed E-state index contributed by atoms with van der Waals surface area (Å²) in [6, 6.07) is 0. The van der Waals surface area contributed by atoms with E-state index in [9.17, 15) is 4.79 Å². The Kier molecular flexibility index (Phi) is 2.95. The second-order valence-electron chi connectivity index (χ2n) is 2.83. The van der Waals surface area contributed by atoms with Gasteiger partial charge in [0.05, 0.1) is 0 Å². The molecule has 1 aromatic rings. The number of rotatable bonds is 2. The molecule has 0 radical (unpaired) electrons. The van der Waals surface area contributed by atoms with Crippen LogP contribution in [0.15, 0.2) is 6.20 Å². The van der Waals surface area contributed by atoms with Gasteiger partial charge >= 0.3 is 0 Å². The van der Waals surface area contributed by atoms with Gasteiger partial charge in [-0.25, -0.2) is 9.97 Å². The summed E-state index contributed by atoms with van der Waals surface area (Å²) in [6.07, 6.45) is 2.56. The van der Waals surface area contributed by atoms with E-state index in [2.05, 4.69) is 15.3 Å². The summed E-state index contributed by atoms with van der Waals surface area (Å²) in [5.74, 6) is 1.19. The Morgan fingerprint density at radius 2 is 2.31 bits per heavy atom. The van der Waals surface area contributed by atoms with Crippen molar-refractivity contribution in [3.05, 3.63) is 17.6 Å². The van der Waals surface area contributed by atoms with E-state index in [1.165, 1.54) is 6.92 Å². The van der Waals surface area contributed by atoms with Crippen LogP contribution in [0.2, 0.25) is 0 Å². The zero-order chi connectivity index (χ0) is 9.84. The highest BCUT2D eigenvalue weighted by Crippen LogP contribution is 2.11. The highest BCUT2D eigenvalue weighted by molar-refractivity contribution is 5.88. The van der Waals surface area contributed by atoms with Crippen LogP contribution in [0.25, 0.3) is 0 Å². The number of aromatic nitrogens is 2. The summed E-state index contributed by atoms with van der Waals surface area (Å²) in [5.41, 5.74) is 0.959. The number of carbonyl (C=O) groups excluding carboxylic acids is 1. The smallest absolute Gasteiger partial charge is 0.222 e. The molecule has 70 valence electrons. The highest BCUT2D eigenvalue weighted by atomic mass is 16.1. The van der Waals surface area contributed by atoms with Crippen molar-refractivity contribution >= 4 is 11.7 Å². The van der Waals surface area contributed by atoms with E-state index in [1.54, 1.807) is 13.1 Å². The number of hydrogen-bond acceptors (Lipinski definition) is 3. The van der Waals surface area contributed by atoms with E-state index in [0.29, 0.717) is 11.6 Å². The topological polar surface area (TPSA) is 54.9 Å². The van der Waals surface area contributed by atoms with Gasteiger partial charge < -0.3 is 5.32 Å². The molecule has 0 fully saturated rings. The van der Waals surface area contributed by atoms with Gasteiger partial charge in [0.2, 0.25) is 5.91 Å². The van der Waals surface area contributed by atoms with Gasteiger partial charge in [0.25, 0.3) is 0 Å². The Morgan fingerprint density at radius 3 is 2.85 bits per heavy atom. The molecule has 0 aromatic carbocycles. The van der Waals surface area contributed by atoms with E-state index in [1.807, 2.05) is 6.92 Å². The van der Waals surface area contributed by atoms with Gasteiger partial charge in [-0.15, -0.1) is 0 Å². The predicted molar refractivity (Wildman–Crippen MR) is 50.5 cm³/mol. The minimum absolute atomic E-state index is 0.104. The van der Waals surface area contributed by atoms with Crippen molar-refractivity contribution in [1.29, 1.82) is 0 Å². The molecule has 1 rings (SSSR count). The Hall–Kier alpha value is -1.45. The molecule has 0 aliphatic carbocycles. The van der Waals surface area contributed by atoms with Crippen molar-refractivity contribution in [3.8, 4) is 0 Å². The van der Waals surface area contributed by atoms with Gasteiger partial charge in [0, 0.05) is 18.7 Å². The molecule has 0 spiro atoms. The third kappa shape index (κ3) is 2.50. The van der Waals surface area contributed by atoms with Crippen LogP contribution in [-0.2, 0) is 11.2 Å². The fourth-order valence-electron chi connectivity index (χ4n) is 1.03. The van der Waals surface area contributed by atoms with Crippen LogP contribution >= 0.6 is 0 Å². The van der Waals surface area contributed by atoms with Crippen molar-refractivity contribution < 1.29 is 4.79 Å². The zero-order valence-corrected chi connectivity index (χ0v) is 8.09. The average molecular weight is 179 g/mol. The fourth-order valence-corrected chi connectivity index (χ4v) is 1.03. The van der Waals surface area contributed by atoms with Crippen molar-refractivity contribution in [2.75, 3.05) is 5.32 Å². The molecule has 1 heterocycles. The van der Waals surface area contributed by atoms with Gasteiger partial charge in [-0.3, -0.25) is 4.79 Å². The second-order valence-corrected chi connectivity index (χ2v) is 2.83. The number of hydrogen-bond donors (Lipinski definition) is 1. The summed E-state index contributed by atoms with van der Waals surface area (Å²) in [4.78, 5) is 19.0. The third-order valence-corrected chi connectivity index (χ3v) is 1.66. The maximum Gasteiger partial charge on any atom is 0.222 e. The summed E-state index contributed by atoms with van der Waals surface area (Å²) in [7, 11) is 0. The fraction of sp³-hybridized carbons (Fsp3) is 0.444. The number of amides is 1. The quantitative estimate of drug-likeness (QED) is 0.744. The molecular formula is C9H13N3O. The van der Waals surface area contributed by atoms with Crippen molar-refractivity contribution in [3.63, 3.8) is 0 Å². The molecule has 0 unspecified atom stereocenters. The van der Waals surface area contributed by atoms with Crippen LogP contribution in [-0.4, -0.2) is 15.9 Å². The van der Waals surface area contributed by atoms with Crippen molar-refractivity contribution in [2.24, 2.45) is 0 Å². The van der Waals surface area contributed by atoms with Crippen LogP contribution < -0.4 is 5.32 Å². The molecule has 1 aromatic heterocycles. The van der Waals surface area contributed by atoms with Crippen LogP contribution in [0.4, 0.5) is 5.82 Å². The first kappa shape index (κ1) is 9.64. The molecule has 13 heavy (non-hydrogen) atoms. The molecule has 1 amide bonds. The van der Waals surface area contributed by atoms with E-state index in [4.69, 9.17) is 0 Å². The molecule has 4 nitrogen and oxygen atoms in total. The molecule has 0 atom stereocenters. The lowest BCUT2D eigenvalue weighted by Gasteiger charge is -2.06. The van der Waals surface area contributed by atoms with E-state index in [-0.39, 0.29) is 5.91 Å². The molecule has 0 aliphatic heterocycles. The van der Waals surface area contributed by atoms with Gasteiger partial charge in [0.15, 0.2) is 0 Å². The molecule has 4 heteroatoms. The lowest BCUT2D eigenvalue weighted by molar-refractivity contribution is -0.114. The number of aryl methyl sites for hydroxylation is 2. The van der Waals surface area contributed by atoms with Crippen molar-refractivity contribution in [1.82, 2.24) is 9.97 Å². The summed E-state index contributed by atoms with van der Waals surface area (Å²) in [5, 5.41) is 2.68. The van der Waals surface area contributed by atoms with E-state index in [0.717, 1.165) is 12.0 Å². The molecule has 0 saturated carbocycles. The number of nitrogens with zero attached hydrogens (tertiary/aromatic N) is 2. The van der Waals surface area contributed by atoms with Gasteiger partial charge in [-0.2, -0.15) is 0 Å². The maximum absolute atomic E-state index is 10.8. The first-order valence-corrected chi connectivity index (χ1v) is 4.23. The molecule has 0 aliphatic rings. The molecule has 1 N–H and O–H groups in total.